The summed E-state index contributed by atoms with van der Waals surface area (Å²) in [4.78, 5) is 0. The maximum atomic E-state index is 2.33. The number of nitrogens with zero attached hydrogens (tertiary/aromatic N) is 1. The average molecular weight is 337 g/mol. The monoisotopic (exact) mass is 336 g/mol. The summed E-state index contributed by atoms with van der Waals surface area (Å²) < 4.78 is 2.33. The molecule has 1 aromatic rings. The maximum absolute atomic E-state index is 2.33. The van der Waals surface area contributed by atoms with Gasteiger partial charge in [-0.25, -0.2) is 0 Å². The Morgan fingerprint density at radius 3 is 2.04 bits per heavy atom. The molecule has 0 aliphatic heterocycles. The van der Waals surface area contributed by atoms with E-state index in [-0.39, 0.29) is 0 Å². The summed E-state index contributed by atoms with van der Waals surface area (Å²) in [7, 11) is 0. The Morgan fingerprint density at radius 2 is 1.48 bits per heavy atom. The highest BCUT2D eigenvalue weighted by atomic mass is 32.2. The number of unbranched alkanes of at least 4 members (excludes halogenated alkanes) is 9. The lowest BCUT2D eigenvalue weighted by atomic mass is 10.1. The molecule has 0 fully saturated rings. The number of pyridine rings is 1. The van der Waals surface area contributed by atoms with E-state index >= 15 is 0 Å². The van der Waals surface area contributed by atoms with Gasteiger partial charge in [0, 0.05) is 11.6 Å². The molecule has 0 radical (unpaired) electrons. The number of thioether (sulfide) groups is 1. The molecule has 0 aliphatic rings. The third-order valence-corrected chi connectivity index (χ3v) is 5.65. The van der Waals surface area contributed by atoms with Crippen molar-refractivity contribution in [3.63, 3.8) is 0 Å². The lowest BCUT2D eigenvalue weighted by Gasteiger charge is -2.03. The van der Waals surface area contributed by atoms with E-state index in [1.165, 1.54) is 81.1 Å². The molecule has 23 heavy (non-hydrogen) atoms. The van der Waals surface area contributed by atoms with Gasteiger partial charge in [0.05, 0.1) is 0 Å². The van der Waals surface area contributed by atoms with Crippen LogP contribution in [0.1, 0.15) is 89.2 Å². The van der Waals surface area contributed by atoms with Gasteiger partial charge in [-0.15, -0.1) is 0 Å². The van der Waals surface area contributed by atoms with Crippen LogP contribution in [0.2, 0.25) is 0 Å². The molecule has 2 heteroatoms. The summed E-state index contributed by atoms with van der Waals surface area (Å²) in [6.45, 7) is 6.74. The topological polar surface area (TPSA) is 3.88 Å². The summed E-state index contributed by atoms with van der Waals surface area (Å²) in [6.07, 6.45) is 20.0. The zero-order valence-corrected chi connectivity index (χ0v) is 16.6. The van der Waals surface area contributed by atoms with Crippen molar-refractivity contribution >= 4 is 11.8 Å². The first-order chi connectivity index (χ1) is 11.3. The standard InChI is InChI=1S/C21H38NS/c1-4-6-7-8-9-10-11-12-13-14-17-23-19-22-16-15-21(5-2)20(3)18-22/h15-16,18H,4-14,17,19H2,1-3H3/q+1. The van der Waals surface area contributed by atoms with Gasteiger partial charge >= 0.3 is 0 Å². The summed E-state index contributed by atoms with van der Waals surface area (Å²) in [5, 5.41) is 0. The molecule has 0 saturated heterocycles. The molecule has 0 aliphatic carbocycles. The van der Waals surface area contributed by atoms with Gasteiger partial charge in [0.15, 0.2) is 18.3 Å². The highest BCUT2D eigenvalue weighted by Gasteiger charge is 2.04. The van der Waals surface area contributed by atoms with Crippen LogP contribution < -0.4 is 4.57 Å². The van der Waals surface area contributed by atoms with Crippen LogP contribution in [-0.4, -0.2) is 5.75 Å². The molecule has 132 valence electrons. The Labute approximate surface area is 149 Å². The molecule has 0 spiro atoms. The number of rotatable bonds is 14. The van der Waals surface area contributed by atoms with Crippen molar-refractivity contribution in [1.82, 2.24) is 0 Å². The van der Waals surface area contributed by atoms with Crippen LogP contribution in [0, 0.1) is 6.92 Å². The van der Waals surface area contributed by atoms with Crippen LogP contribution in [0.3, 0.4) is 0 Å². The van der Waals surface area contributed by atoms with Crippen molar-refractivity contribution in [3.05, 3.63) is 29.6 Å². The maximum Gasteiger partial charge on any atom is 0.194 e. The fourth-order valence-corrected chi connectivity index (χ4v) is 3.94. The Kier molecular flexibility index (Phi) is 12.4. The van der Waals surface area contributed by atoms with Crippen molar-refractivity contribution in [3.8, 4) is 0 Å². The minimum Gasteiger partial charge on any atom is -0.195 e. The number of aryl methyl sites for hydroxylation is 2. The molecule has 0 bridgehead atoms. The second-order valence-electron chi connectivity index (χ2n) is 6.74. The molecule has 1 aromatic heterocycles. The minimum atomic E-state index is 1.10. The molecule has 1 heterocycles. The Balaban J connectivity index is 1.92. The van der Waals surface area contributed by atoms with Crippen molar-refractivity contribution in [2.75, 3.05) is 5.75 Å². The summed E-state index contributed by atoms with van der Waals surface area (Å²) in [6, 6.07) is 2.27. The van der Waals surface area contributed by atoms with Gasteiger partial charge in [-0.2, -0.15) is 4.57 Å². The summed E-state index contributed by atoms with van der Waals surface area (Å²) in [5.74, 6) is 2.40. The molecule has 1 rings (SSSR count). The van der Waals surface area contributed by atoms with E-state index in [0.717, 1.165) is 12.3 Å². The van der Waals surface area contributed by atoms with Crippen LogP contribution in [0.15, 0.2) is 18.5 Å². The highest BCUT2D eigenvalue weighted by molar-refractivity contribution is 7.98. The van der Waals surface area contributed by atoms with Crippen molar-refractivity contribution < 1.29 is 4.57 Å². The molecule has 0 saturated carbocycles. The number of aromatic nitrogens is 1. The second kappa shape index (κ2) is 13.9. The third-order valence-electron chi connectivity index (χ3n) is 4.60. The molecule has 0 amide bonds. The lowest BCUT2D eigenvalue weighted by Crippen LogP contribution is -2.32. The van der Waals surface area contributed by atoms with E-state index in [4.69, 9.17) is 0 Å². The summed E-state index contributed by atoms with van der Waals surface area (Å²) in [5.41, 5.74) is 2.90. The first-order valence-corrected chi connectivity index (χ1v) is 11.0. The second-order valence-corrected chi connectivity index (χ2v) is 7.81. The molecule has 0 N–H and O–H groups in total. The van der Waals surface area contributed by atoms with E-state index in [9.17, 15) is 0 Å². The molecule has 0 atom stereocenters. The van der Waals surface area contributed by atoms with E-state index in [0.29, 0.717) is 0 Å². The summed E-state index contributed by atoms with van der Waals surface area (Å²) >= 11 is 2.07. The largest absolute Gasteiger partial charge is 0.195 e. The highest BCUT2D eigenvalue weighted by Crippen LogP contribution is 2.12. The van der Waals surface area contributed by atoms with Crippen LogP contribution in [-0.2, 0) is 12.3 Å². The molecular weight excluding hydrogens is 298 g/mol. The van der Waals surface area contributed by atoms with Gasteiger partial charge in [0.2, 0.25) is 0 Å². The first kappa shape index (κ1) is 20.5. The molecular formula is C21H38NS+. The number of hydrogen-bond acceptors (Lipinski definition) is 1. The zero-order valence-electron chi connectivity index (χ0n) is 15.8. The lowest BCUT2D eigenvalue weighted by molar-refractivity contribution is -0.676. The molecule has 0 unspecified atom stereocenters. The normalized spacial score (nSPS) is 11.1. The van der Waals surface area contributed by atoms with Crippen LogP contribution in [0.5, 0.6) is 0 Å². The smallest absolute Gasteiger partial charge is 0.194 e. The average Bonchev–Trinajstić information content (AvgIpc) is 2.56. The van der Waals surface area contributed by atoms with Crippen molar-refractivity contribution in [2.45, 2.75) is 97.3 Å². The van der Waals surface area contributed by atoms with Crippen LogP contribution >= 0.6 is 11.8 Å². The fourth-order valence-electron chi connectivity index (χ4n) is 3.03. The van der Waals surface area contributed by atoms with Crippen LogP contribution in [0.25, 0.3) is 0 Å². The fraction of sp³-hybridized carbons (Fsp3) is 0.762. The Bertz CT molecular complexity index is 403. The van der Waals surface area contributed by atoms with Gasteiger partial charge in [0.25, 0.3) is 0 Å². The van der Waals surface area contributed by atoms with Gasteiger partial charge in [-0.3, -0.25) is 0 Å². The SMILES string of the molecule is CCCCCCCCCCCCSC[n+]1ccc(CC)c(C)c1. The van der Waals surface area contributed by atoms with Crippen molar-refractivity contribution in [1.29, 1.82) is 0 Å². The first-order valence-electron chi connectivity index (χ1n) is 9.84. The zero-order chi connectivity index (χ0) is 16.8. The van der Waals surface area contributed by atoms with E-state index in [1.54, 1.807) is 0 Å². The molecule has 0 aromatic carbocycles. The Hall–Kier alpha value is -0.500. The van der Waals surface area contributed by atoms with Gasteiger partial charge in [0.1, 0.15) is 0 Å². The van der Waals surface area contributed by atoms with Gasteiger partial charge in [-0.05, 0) is 31.1 Å². The predicted octanol–water partition coefficient (Wildman–Crippen LogP) is 6.46. The van der Waals surface area contributed by atoms with Gasteiger partial charge < -0.3 is 0 Å². The van der Waals surface area contributed by atoms with E-state index < -0.39 is 0 Å². The predicted molar refractivity (Wildman–Crippen MR) is 105 cm³/mol. The molecule has 1 nitrogen and oxygen atoms in total. The van der Waals surface area contributed by atoms with E-state index in [1.807, 2.05) is 0 Å². The van der Waals surface area contributed by atoms with Crippen molar-refractivity contribution in [2.24, 2.45) is 0 Å². The van der Waals surface area contributed by atoms with E-state index in [2.05, 4.69) is 55.6 Å². The minimum absolute atomic E-state index is 1.10. The van der Waals surface area contributed by atoms with Gasteiger partial charge in [-0.1, -0.05) is 83.4 Å². The quantitative estimate of drug-likeness (QED) is 0.279. The third kappa shape index (κ3) is 10.1. The Morgan fingerprint density at radius 1 is 0.870 bits per heavy atom. The number of hydrogen-bond donors (Lipinski definition) is 0. The van der Waals surface area contributed by atoms with Crippen LogP contribution in [0.4, 0.5) is 0 Å².